The second kappa shape index (κ2) is 3.76. The van der Waals surface area contributed by atoms with Gasteiger partial charge in [-0.15, -0.1) is 0 Å². The predicted octanol–water partition coefficient (Wildman–Crippen LogP) is 0.395. The van der Waals surface area contributed by atoms with Gasteiger partial charge in [-0.25, -0.2) is 0 Å². The fraction of sp³-hybridized carbons (Fsp3) is 0.909. The smallest absolute Gasteiger partial charge is 0.228 e. The highest BCUT2D eigenvalue weighted by molar-refractivity contribution is 5.79. The first-order valence-electron chi connectivity index (χ1n) is 5.61. The lowest BCUT2D eigenvalue weighted by Gasteiger charge is -2.21. The second-order valence-corrected chi connectivity index (χ2v) is 5.08. The molecule has 0 saturated carbocycles. The Hall–Kier alpha value is -0.610. The first-order valence-corrected chi connectivity index (χ1v) is 5.61. The zero-order valence-electron chi connectivity index (χ0n) is 9.40. The van der Waals surface area contributed by atoms with Gasteiger partial charge in [0.1, 0.15) is 0 Å². The van der Waals surface area contributed by atoms with Crippen LogP contribution in [0.2, 0.25) is 0 Å². The molecule has 3 atom stereocenters. The van der Waals surface area contributed by atoms with E-state index in [4.69, 9.17) is 4.74 Å². The molecule has 2 saturated heterocycles. The minimum atomic E-state index is -0.694. The minimum Gasteiger partial charge on any atom is -0.388 e. The topological polar surface area (TPSA) is 49.8 Å². The molecule has 2 heterocycles. The van der Waals surface area contributed by atoms with Crippen LogP contribution in [0.3, 0.4) is 0 Å². The highest BCUT2D eigenvalue weighted by Crippen LogP contribution is 2.26. The van der Waals surface area contributed by atoms with Crippen LogP contribution in [-0.4, -0.2) is 47.3 Å². The van der Waals surface area contributed by atoms with Gasteiger partial charge in [-0.3, -0.25) is 4.79 Å². The summed E-state index contributed by atoms with van der Waals surface area (Å²) in [6, 6.07) is 0. The average Bonchev–Trinajstić information content (AvgIpc) is 2.71. The lowest BCUT2D eigenvalue weighted by Crippen LogP contribution is -2.37. The number of amides is 1. The van der Waals surface area contributed by atoms with E-state index < -0.39 is 5.60 Å². The SMILES string of the molecule is CC1CC(C(=O)N2CCC(C)(O)C2)CO1. The van der Waals surface area contributed by atoms with Crippen LogP contribution in [0.1, 0.15) is 26.7 Å². The van der Waals surface area contributed by atoms with Crippen molar-refractivity contribution in [1.29, 1.82) is 0 Å². The van der Waals surface area contributed by atoms with Crippen molar-refractivity contribution in [1.82, 2.24) is 4.90 Å². The number of carbonyl (C=O) groups excluding carboxylic acids is 1. The Morgan fingerprint density at radius 1 is 1.60 bits per heavy atom. The van der Waals surface area contributed by atoms with Crippen molar-refractivity contribution in [2.75, 3.05) is 19.7 Å². The van der Waals surface area contributed by atoms with Crippen molar-refractivity contribution >= 4 is 5.91 Å². The van der Waals surface area contributed by atoms with E-state index in [1.807, 2.05) is 6.92 Å². The summed E-state index contributed by atoms with van der Waals surface area (Å²) in [6.07, 6.45) is 1.70. The molecule has 0 aromatic rings. The van der Waals surface area contributed by atoms with Crippen molar-refractivity contribution in [2.24, 2.45) is 5.92 Å². The average molecular weight is 213 g/mol. The second-order valence-electron chi connectivity index (χ2n) is 5.08. The molecule has 2 aliphatic rings. The summed E-state index contributed by atoms with van der Waals surface area (Å²) in [7, 11) is 0. The maximum atomic E-state index is 12.0. The van der Waals surface area contributed by atoms with Gasteiger partial charge in [-0.1, -0.05) is 0 Å². The molecule has 2 aliphatic heterocycles. The van der Waals surface area contributed by atoms with E-state index in [2.05, 4.69) is 0 Å². The van der Waals surface area contributed by atoms with Crippen LogP contribution in [0.4, 0.5) is 0 Å². The summed E-state index contributed by atoms with van der Waals surface area (Å²) < 4.78 is 5.39. The van der Waals surface area contributed by atoms with E-state index in [1.165, 1.54) is 0 Å². The maximum Gasteiger partial charge on any atom is 0.228 e. The summed E-state index contributed by atoms with van der Waals surface area (Å²) in [5, 5.41) is 9.78. The highest BCUT2D eigenvalue weighted by Gasteiger charge is 2.38. The molecule has 86 valence electrons. The van der Waals surface area contributed by atoms with Gasteiger partial charge < -0.3 is 14.7 Å². The Morgan fingerprint density at radius 3 is 2.80 bits per heavy atom. The first-order chi connectivity index (χ1) is 6.98. The molecule has 4 heteroatoms. The van der Waals surface area contributed by atoms with Crippen molar-refractivity contribution in [2.45, 2.75) is 38.4 Å². The monoisotopic (exact) mass is 213 g/mol. The summed E-state index contributed by atoms with van der Waals surface area (Å²) in [5.41, 5.74) is -0.694. The molecule has 0 aliphatic carbocycles. The molecule has 2 fully saturated rings. The Kier molecular flexibility index (Phi) is 2.73. The lowest BCUT2D eigenvalue weighted by molar-refractivity contribution is -0.135. The summed E-state index contributed by atoms with van der Waals surface area (Å²) in [4.78, 5) is 13.8. The molecule has 0 radical (unpaired) electrons. The molecular weight excluding hydrogens is 194 g/mol. The molecule has 15 heavy (non-hydrogen) atoms. The van der Waals surface area contributed by atoms with Crippen LogP contribution in [0.15, 0.2) is 0 Å². The third kappa shape index (κ3) is 2.32. The van der Waals surface area contributed by atoms with E-state index in [0.29, 0.717) is 26.1 Å². The van der Waals surface area contributed by atoms with Crippen LogP contribution >= 0.6 is 0 Å². The van der Waals surface area contributed by atoms with Crippen LogP contribution in [0.5, 0.6) is 0 Å². The summed E-state index contributed by atoms with van der Waals surface area (Å²) in [5.74, 6) is 0.158. The van der Waals surface area contributed by atoms with Gasteiger partial charge in [0.25, 0.3) is 0 Å². The molecule has 0 aromatic carbocycles. The third-order valence-corrected chi connectivity index (χ3v) is 3.31. The molecule has 3 unspecified atom stereocenters. The van der Waals surface area contributed by atoms with Crippen molar-refractivity contribution < 1.29 is 14.6 Å². The van der Waals surface area contributed by atoms with Crippen LogP contribution in [0.25, 0.3) is 0 Å². The number of hydrogen-bond donors (Lipinski definition) is 1. The Labute approximate surface area is 90.2 Å². The zero-order chi connectivity index (χ0) is 11.1. The van der Waals surface area contributed by atoms with E-state index in [-0.39, 0.29) is 17.9 Å². The number of aliphatic hydroxyl groups is 1. The van der Waals surface area contributed by atoms with Crippen molar-refractivity contribution in [3.63, 3.8) is 0 Å². The Balaban J connectivity index is 1.92. The number of β-amino-alcohol motifs (C(OH)–C–C–N with tert-alkyl or cyclic N) is 1. The van der Waals surface area contributed by atoms with Crippen molar-refractivity contribution in [3.05, 3.63) is 0 Å². The van der Waals surface area contributed by atoms with Crippen LogP contribution in [-0.2, 0) is 9.53 Å². The summed E-state index contributed by atoms with van der Waals surface area (Å²) >= 11 is 0. The van der Waals surface area contributed by atoms with Crippen LogP contribution in [0, 0.1) is 5.92 Å². The lowest BCUT2D eigenvalue weighted by atomic mass is 10.0. The van der Waals surface area contributed by atoms with E-state index in [1.54, 1.807) is 11.8 Å². The number of hydrogen-bond acceptors (Lipinski definition) is 3. The first kappa shape index (κ1) is 10.9. The molecule has 1 N–H and O–H groups in total. The van der Waals surface area contributed by atoms with Gasteiger partial charge in [-0.05, 0) is 26.7 Å². The van der Waals surface area contributed by atoms with Gasteiger partial charge >= 0.3 is 0 Å². The quantitative estimate of drug-likeness (QED) is 0.685. The number of carbonyl (C=O) groups is 1. The van der Waals surface area contributed by atoms with Gasteiger partial charge in [0.2, 0.25) is 5.91 Å². The molecule has 0 aromatic heterocycles. The van der Waals surface area contributed by atoms with Crippen LogP contribution < -0.4 is 0 Å². The normalized spacial score (nSPS) is 41.1. The third-order valence-electron chi connectivity index (χ3n) is 3.31. The zero-order valence-corrected chi connectivity index (χ0v) is 9.40. The van der Waals surface area contributed by atoms with Gasteiger partial charge in [0, 0.05) is 13.1 Å². The fourth-order valence-corrected chi connectivity index (χ4v) is 2.38. The number of nitrogens with zero attached hydrogens (tertiary/aromatic N) is 1. The van der Waals surface area contributed by atoms with Gasteiger partial charge in [0.05, 0.1) is 24.2 Å². The Morgan fingerprint density at radius 2 is 2.33 bits per heavy atom. The highest BCUT2D eigenvalue weighted by atomic mass is 16.5. The standard InChI is InChI=1S/C11H19NO3/c1-8-5-9(6-15-8)10(13)12-4-3-11(2,14)7-12/h8-9,14H,3-7H2,1-2H3. The largest absolute Gasteiger partial charge is 0.388 e. The molecular formula is C11H19NO3. The number of ether oxygens (including phenoxy) is 1. The maximum absolute atomic E-state index is 12.0. The van der Waals surface area contributed by atoms with Crippen molar-refractivity contribution in [3.8, 4) is 0 Å². The summed E-state index contributed by atoms with van der Waals surface area (Å²) in [6.45, 7) is 5.47. The molecule has 0 spiro atoms. The van der Waals surface area contributed by atoms with E-state index >= 15 is 0 Å². The van der Waals surface area contributed by atoms with Gasteiger partial charge in [0.15, 0.2) is 0 Å². The number of rotatable bonds is 1. The Bertz CT molecular complexity index is 265. The molecule has 1 amide bonds. The van der Waals surface area contributed by atoms with Gasteiger partial charge in [-0.2, -0.15) is 0 Å². The predicted molar refractivity (Wildman–Crippen MR) is 55.3 cm³/mol. The molecule has 0 bridgehead atoms. The minimum absolute atomic E-state index is 0.00824. The fourth-order valence-electron chi connectivity index (χ4n) is 2.38. The number of likely N-dealkylation sites (tertiary alicyclic amines) is 1. The van der Waals surface area contributed by atoms with E-state index in [9.17, 15) is 9.90 Å². The van der Waals surface area contributed by atoms with E-state index in [0.717, 1.165) is 6.42 Å². The molecule has 4 nitrogen and oxygen atoms in total. The molecule has 2 rings (SSSR count).